The van der Waals surface area contributed by atoms with Gasteiger partial charge in [-0.3, -0.25) is 0 Å². The summed E-state index contributed by atoms with van der Waals surface area (Å²) in [5.41, 5.74) is 1.97. The fraction of sp³-hybridized carbons (Fsp3) is 0.222. The highest BCUT2D eigenvalue weighted by Gasteiger charge is 2.18. The van der Waals surface area contributed by atoms with Gasteiger partial charge in [-0.15, -0.1) is 0 Å². The second-order valence-corrected chi connectivity index (χ2v) is 5.76. The van der Waals surface area contributed by atoms with E-state index in [0.29, 0.717) is 29.0 Å². The summed E-state index contributed by atoms with van der Waals surface area (Å²) >= 11 is 6.34. The van der Waals surface area contributed by atoms with Crippen LogP contribution in [0.1, 0.15) is 17.4 Å². The van der Waals surface area contributed by atoms with Gasteiger partial charge in [-0.2, -0.15) is 4.98 Å². The molecule has 3 aromatic rings. The molecular weight excluding hydrogens is 342 g/mol. The first-order valence-corrected chi connectivity index (χ1v) is 8.16. The van der Waals surface area contributed by atoms with E-state index in [9.17, 15) is 4.79 Å². The number of esters is 1. The molecule has 0 spiro atoms. The lowest BCUT2D eigenvalue weighted by Crippen LogP contribution is -2.09. The number of hydrogen-bond acceptors (Lipinski definition) is 5. The third-order valence-corrected chi connectivity index (χ3v) is 4.13. The Morgan fingerprint density at radius 3 is 2.84 bits per heavy atom. The number of halogens is 1. The van der Waals surface area contributed by atoms with E-state index < -0.39 is 0 Å². The molecule has 0 aliphatic heterocycles. The molecule has 0 aliphatic carbocycles. The maximum absolute atomic E-state index is 12.2. The monoisotopic (exact) mass is 359 g/mol. The van der Waals surface area contributed by atoms with Gasteiger partial charge in [0, 0.05) is 24.2 Å². The van der Waals surface area contributed by atoms with Gasteiger partial charge in [-0.1, -0.05) is 17.7 Å². The largest absolute Gasteiger partial charge is 0.481 e. The number of nitrogens with zero attached hydrogens (tertiary/aromatic N) is 2. The number of pyridine rings is 1. The van der Waals surface area contributed by atoms with Crippen LogP contribution in [0.4, 0.5) is 11.5 Å². The van der Waals surface area contributed by atoms with Crippen LogP contribution in [0.5, 0.6) is 5.88 Å². The Morgan fingerprint density at radius 2 is 2.12 bits per heavy atom. The summed E-state index contributed by atoms with van der Waals surface area (Å²) in [4.78, 5) is 16.5. The fourth-order valence-corrected chi connectivity index (χ4v) is 2.96. The first-order chi connectivity index (χ1) is 12.0. The highest BCUT2D eigenvalue weighted by Crippen LogP contribution is 2.34. The number of aryl methyl sites for hydroxylation is 1. The molecule has 0 saturated heterocycles. The third kappa shape index (κ3) is 3.25. The van der Waals surface area contributed by atoms with Gasteiger partial charge in [0.25, 0.3) is 0 Å². The van der Waals surface area contributed by atoms with Gasteiger partial charge in [0.2, 0.25) is 5.88 Å². The molecule has 0 aliphatic rings. The maximum atomic E-state index is 12.2. The number of hydrogen-bond donors (Lipinski definition) is 1. The standard InChI is InChI=1S/C18H18ClN3O3/c1-4-25-18(23)14-10-11-13(9-8-12(19)17(11)22(14)2)20-15-6-5-7-16(21-15)24-3/h5-10H,4H2,1-3H3,(H,20,21). The van der Waals surface area contributed by atoms with Gasteiger partial charge >= 0.3 is 5.97 Å². The van der Waals surface area contributed by atoms with Gasteiger partial charge < -0.3 is 19.4 Å². The van der Waals surface area contributed by atoms with Gasteiger partial charge in [0.05, 0.1) is 24.3 Å². The average molecular weight is 360 g/mol. The van der Waals surface area contributed by atoms with Crippen LogP contribution in [-0.4, -0.2) is 29.2 Å². The summed E-state index contributed by atoms with van der Waals surface area (Å²) < 4.78 is 12.0. The highest BCUT2D eigenvalue weighted by atomic mass is 35.5. The zero-order valence-corrected chi connectivity index (χ0v) is 14.9. The van der Waals surface area contributed by atoms with Crippen LogP contribution in [0.25, 0.3) is 10.9 Å². The number of aromatic nitrogens is 2. The molecular formula is C18H18ClN3O3. The molecule has 130 valence electrons. The summed E-state index contributed by atoms with van der Waals surface area (Å²) in [5, 5.41) is 4.61. The second-order valence-electron chi connectivity index (χ2n) is 5.36. The molecule has 0 radical (unpaired) electrons. The van der Waals surface area contributed by atoms with Crippen molar-refractivity contribution in [3.8, 4) is 5.88 Å². The van der Waals surface area contributed by atoms with Gasteiger partial charge in [0.1, 0.15) is 11.5 Å². The number of nitrogens with one attached hydrogen (secondary N) is 1. The van der Waals surface area contributed by atoms with E-state index in [1.807, 2.05) is 18.2 Å². The van der Waals surface area contributed by atoms with E-state index in [1.54, 1.807) is 43.8 Å². The average Bonchev–Trinajstić information content (AvgIpc) is 2.96. The second kappa shape index (κ2) is 7.03. The van der Waals surface area contributed by atoms with Crippen LogP contribution in [0, 0.1) is 0 Å². The maximum Gasteiger partial charge on any atom is 0.354 e. The van der Waals surface area contributed by atoms with Crippen molar-refractivity contribution < 1.29 is 14.3 Å². The Morgan fingerprint density at radius 1 is 1.32 bits per heavy atom. The zero-order chi connectivity index (χ0) is 18.0. The van der Waals surface area contributed by atoms with E-state index in [-0.39, 0.29) is 5.97 Å². The molecule has 0 unspecified atom stereocenters. The van der Waals surface area contributed by atoms with Gasteiger partial charge in [0.15, 0.2) is 0 Å². The zero-order valence-electron chi connectivity index (χ0n) is 14.2. The van der Waals surface area contributed by atoms with Crippen LogP contribution >= 0.6 is 11.6 Å². The summed E-state index contributed by atoms with van der Waals surface area (Å²) in [7, 11) is 3.35. The van der Waals surface area contributed by atoms with Crippen LogP contribution < -0.4 is 10.1 Å². The molecule has 0 atom stereocenters. The molecule has 3 rings (SSSR count). The van der Waals surface area contributed by atoms with Crippen LogP contribution in [-0.2, 0) is 11.8 Å². The van der Waals surface area contributed by atoms with E-state index in [4.69, 9.17) is 21.1 Å². The number of ether oxygens (including phenoxy) is 2. The number of rotatable bonds is 5. The lowest BCUT2D eigenvalue weighted by Gasteiger charge is -2.09. The number of fused-ring (bicyclic) bond motifs is 1. The molecule has 0 bridgehead atoms. The minimum absolute atomic E-state index is 0.312. The van der Waals surface area contributed by atoms with E-state index in [2.05, 4.69) is 10.3 Å². The predicted octanol–water partition coefficient (Wildman–Crippen LogP) is 4.16. The number of carbonyl (C=O) groups excluding carboxylic acids is 1. The molecule has 0 amide bonds. The van der Waals surface area contributed by atoms with Crippen molar-refractivity contribution in [2.75, 3.05) is 19.0 Å². The Bertz CT molecular complexity index is 937. The van der Waals surface area contributed by atoms with E-state index in [0.717, 1.165) is 16.6 Å². The lowest BCUT2D eigenvalue weighted by atomic mass is 10.2. The first kappa shape index (κ1) is 17.1. The number of anilines is 2. The summed E-state index contributed by atoms with van der Waals surface area (Å²) in [6.45, 7) is 2.09. The summed E-state index contributed by atoms with van der Waals surface area (Å²) in [6, 6.07) is 10.8. The Balaban J connectivity index is 2.08. The van der Waals surface area contributed by atoms with Crippen molar-refractivity contribution in [2.45, 2.75) is 6.92 Å². The highest BCUT2D eigenvalue weighted by molar-refractivity contribution is 6.36. The lowest BCUT2D eigenvalue weighted by molar-refractivity contribution is 0.0516. The fourth-order valence-electron chi connectivity index (χ4n) is 2.67. The third-order valence-electron chi connectivity index (χ3n) is 3.83. The quantitative estimate of drug-likeness (QED) is 0.693. The van der Waals surface area contributed by atoms with Crippen molar-refractivity contribution in [2.24, 2.45) is 7.05 Å². The summed E-state index contributed by atoms with van der Waals surface area (Å²) in [6.07, 6.45) is 0. The Hall–Kier alpha value is -2.73. The predicted molar refractivity (Wildman–Crippen MR) is 98.0 cm³/mol. The van der Waals surface area contributed by atoms with Crippen molar-refractivity contribution in [3.63, 3.8) is 0 Å². The topological polar surface area (TPSA) is 65.4 Å². The molecule has 0 fully saturated rings. The van der Waals surface area contributed by atoms with Crippen LogP contribution in [0.2, 0.25) is 5.02 Å². The smallest absolute Gasteiger partial charge is 0.354 e. The summed E-state index contributed by atoms with van der Waals surface area (Å²) in [5.74, 6) is 0.753. The Kier molecular flexibility index (Phi) is 4.81. The minimum atomic E-state index is -0.386. The number of carbonyl (C=O) groups is 1. The van der Waals surface area contributed by atoms with Crippen molar-refractivity contribution in [3.05, 3.63) is 47.1 Å². The van der Waals surface area contributed by atoms with Crippen molar-refractivity contribution in [1.29, 1.82) is 0 Å². The molecule has 7 heteroatoms. The Labute approximate surface area is 150 Å². The molecule has 2 heterocycles. The molecule has 1 aromatic carbocycles. The molecule has 1 N–H and O–H groups in total. The molecule has 0 saturated carbocycles. The van der Waals surface area contributed by atoms with Crippen LogP contribution in [0.3, 0.4) is 0 Å². The van der Waals surface area contributed by atoms with E-state index in [1.165, 1.54) is 0 Å². The first-order valence-electron chi connectivity index (χ1n) is 7.78. The molecule has 2 aromatic heterocycles. The molecule has 25 heavy (non-hydrogen) atoms. The van der Waals surface area contributed by atoms with E-state index >= 15 is 0 Å². The van der Waals surface area contributed by atoms with Crippen molar-refractivity contribution in [1.82, 2.24) is 9.55 Å². The van der Waals surface area contributed by atoms with Gasteiger partial charge in [-0.25, -0.2) is 4.79 Å². The van der Waals surface area contributed by atoms with Crippen LogP contribution in [0.15, 0.2) is 36.4 Å². The van der Waals surface area contributed by atoms with Gasteiger partial charge in [-0.05, 0) is 31.2 Å². The normalized spacial score (nSPS) is 10.7. The number of benzene rings is 1. The minimum Gasteiger partial charge on any atom is -0.481 e. The molecule has 6 nitrogen and oxygen atoms in total. The van der Waals surface area contributed by atoms with Crippen molar-refractivity contribution >= 4 is 40.0 Å². The number of methoxy groups -OCH3 is 1. The SMILES string of the molecule is CCOC(=O)c1cc2c(Nc3cccc(OC)n3)ccc(Cl)c2n1C.